The van der Waals surface area contributed by atoms with Crippen LogP contribution in [0.25, 0.3) is 0 Å². The molecule has 1 atom stereocenters. The number of anilines is 1. The van der Waals surface area contributed by atoms with Crippen LogP contribution in [0.5, 0.6) is 0 Å². The molecule has 0 amide bonds. The van der Waals surface area contributed by atoms with Crippen LogP contribution < -0.4 is 4.90 Å². The molecule has 2 aromatic heterocycles. The Morgan fingerprint density at radius 1 is 1.35 bits per heavy atom. The quantitative estimate of drug-likeness (QED) is 0.855. The molecule has 9 heteroatoms. The first kappa shape index (κ1) is 13.3. The summed E-state index contributed by atoms with van der Waals surface area (Å²) in [4.78, 5) is 9.03. The average Bonchev–Trinajstić information content (AvgIpc) is 3.10. The van der Waals surface area contributed by atoms with Gasteiger partial charge >= 0.3 is 6.18 Å². The summed E-state index contributed by atoms with van der Waals surface area (Å²) < 4.78 is 39.5. The minimum absolute atomic E-state index is 0.129. The predicted octanol–water partition coefficient (Wildman–Crippen LogP) is 2.59. The molecule has 1 fully saturated rings. The minimum atomic E-state index is -4.32. The fourth-order valence-corrected chi connectivity index (χ4v) is 3.11. The second-order valence-corrected chi connectivity index (χ2v) is 5.63. The van der Waals surface area contributed by atoms with Crippen molar-refractivity contribution >= 4 is 16.5 Å². The van der Waals surface area contributed by atoms with Gasteiger partial charge in [0.05, 0.1) is 12.2 Å². The lowest BCUT2D eigenvalue weighted by Crippen LogP contribution is -2.36. The van der Waals surface area contributed by atoms with Gasteiger partial charge in [-0.3, -0.25) is 0 Å². The van der Waals surface area contributed by atoms with Crippen LogP contribution in [0.3, 0.4) is 0 Å². The van der Waals surface area contributed by atoms with Gasteiger partial charge in [-0.1, -0.05) is 11.3 Å². The molecule has 0 saturated carbocycles. The average molecular weight is 303 g/mol. The third kappa shape index (κ3) is 2.62. The number of alkyl halides is 3. The summed E-state index contributed by atoms with van der Waals surface area (Å²) in [7, 11) is 0. The van der Waals surface area contributed by atoms with E-state index in [1.54, 1.807) is 11.0 Å². The Balaban J connectivity index is 1.75. The molecule has 1 saturated heterocycles. The molecule has 0 aromatic carbocycles. The summed E-state index contributed by atoms with van der Waals surface area (Å²) >= 11 is 0.690. The number of nitrogens with zero attached hydrogens (tertiary/aromatic N) is 5. The number of hydrogen-bond donors (Lipinski definition) is 0. The number of halogens is 3. The highest BCUT2D eigenvalue weighted by atomic mass is 32.1. The lowest BCUT2D eigenvalue weighted by Gasteiger charge is -2.32. The van der Waals surface area contributed by atoms with Gasteiger partial charge in [0.25, 0.3) is 0 Å². The van der Waals surface area contributed by atoms with E-state index in [1.807, 2.05) is 4.90 Å². The standard InChI is InChI=1S/C11H12F3N5S/c12-11(13,14)9-4-16-10(20-9)18-3-1-2-8(5-18)19-7-15-6-17-19/h4,6-8H,1-3,5H2. The van der Waals surface area contributed by atoms with Gasteiger partial charge < -0.3 is 4.90 Å². The topological polar surface area (TPSA) is 46.8 Å². The van der Waals surface area contributed by atoms with Gasteiger partial charge in [0, 0.05) is 13.1 Å². The molecule has 20 heavy (non-hydrogen) atoms. The molecule has 0 bridgehead atoms. The fraction of sp³-hybridized carbons (Fsp3) is 0.545. The second-order valence-electron chi connectivity index (χ2n) is 4.62. The molecule has 2 aromatic rings. The maximum atomic E-state index is 12.6. The van der Waals surface area contributed by atoms with Crippen LogP contribution in [0, 0.1) is 0 Å². The smallest absolute Gasteiger partial charge is 0.346 e. The van der Waals surface area contributed by atoms with Crippen molar-refractivity contribution < 1.29 is 13.2 Å². The van der Waals surface area contributed by atoms with Crippen LogP contribution in [0.1, 0.15) is 23.8 Å². The van der Waals surface area contributed by atoms with Crippen molar-refractivity contribution in [3.05, 3.63) is 23.7 Å². The van der Waals surface area contributed by atoms with Crippen LogP contribution in [0.2, 0.25) is 0 Å². The van der Waals surface area contributed by atoms with E-state index < -0.39 is 11.1 Å². The van der Waals surface area contributed by atoms with Gasteiger partial charge in [-0.05, 0) is 12.8 Å². The first-order valence-corrected chi connectivity index (χ1v) is 6.98. The predicted molar refractivity (Wildman–Crippen MR) is 67.6 cm³/mol. The Labute approximate surface area is 117 Å². The Bertz CT molecular complexity index is 565. The van der Waals surface area contributed by atoms with Crippen LogP contribution in [0.15, 0.2) is 18.9 Å². The highest BCUT2D eigenvalue weighted by Crippen LogP contribution is 2.37. The Morgan fingerprint density at radius 3 is 2.85 bits per heavy atom. The summed E-state index contributed by atoms with van der Waals surface area (Å²) in [6, 6.07) is 0.129. The van der Waals surface area contributed by atoms with Crippen LogP contribution in [-0.4, -0.2) is 32.8 Å². The van der Waals surface area contributed by atoms with Crippen molar-refractivity contribution in [3.63, 3.8) is 0 Å². The second kappa shape index (κ2) is 5.04. The van der Waals surface area contributed by atoms with Gasteiger partial charge in [0.15, 0.2) is 5.13 Å². The summed E-state index contributed by atoms with van der Waals surface area (Å²) in [6.45, 7) is 1.32. The highest BCUT2D eigenvalue weighted by Gasteiger charge is 2.34. The zero-order valence-electron chi connectivity index (χ0n) is 10.4. The van der Waals surface area contributed by atoms with Crippen LogP contribution in [-0.2, 0) is 6.18 Å². The molecule has 0 spiro atoms. The van der Waals surface area contributed by atoms with Crippen molar-refractivity contribution in [2.75, 3.05) is 18.0 Å². The lowest BCUT2D eigenvalue weighted by molar-refractivity contribution is -0.134. The van der Waals surface area contributed by atoms with E-state index in [-0.39, 0.29) is 6.04 Å². The molecule has 1 aliphatic heterocycles. The highest BCUT2D eigenvalue weighted by molar-refractivity contribution is 7.15. The molecular formula is C11H12F3N5S. The van der Waals surface area contributed by atoms with Gasteiger partial charge in [-0.2, -0.15) is 18.3 Å². The third-order valence-electron chi connectivity index (χ3n) is 3.25. The van der Waals surface area contributed by atoms with E-state index in [0.29, 0.717) is 23.0 Å². The Morgan fingerprint density at radius 2 is 2.20 bits per heavy atom. The van der Waals surface area contributed by atoms with Gasteiger partial charge in [-0.15, -0.1) is 0 Å². The molecule has 1 unspecified atom stereocenters. The number of hydrogen-bond acceptors (Lipinski definition) is 5. The maximum Gasteiger partial charge on any atom is 0.427 e. The van der Waals surface area contributed by atoms with E-state index in [0.717, 1.165) is 25.6 Å². The molecule has 0 radical (unpaired) electrons. The normalized spacial score (nSPS) is 20.4. The van der Waals surface area contributed by atoms with Crippen molar-refractivity contribution in [2.24, 2.45) is 0 Å². The first-order valence-electron chi connectivity index (χ1n) is 6.16. The molecule has 108 valence electrons. The SMILES string of the molecule is FC(F)(F)c1cnc(N2CCCC(n3cncn3)C2)s1. The minimum Gasteiger partial charge on any atom is -0.346 e. The molecule has 5 nitrogen and oxygen atoms in total. The molecule has 0 aliphatic carbocycles. The van der Waals surface area contributed by atoms with E-state index in [2.05, 4.69) is 15.1 Å². The van der Waals surface area contributed by atoms with Crippen LogP contribution >= 0.6 is 11.3 Å². The lowest BCUT2D eigenvalue weighted by atomic mass is 10.1. The molecule has 0 N–H and O–H groups in total. The van der Waals surface area contributed by atoms with Gasteiger partial charge in [0.2, 0.25) is 0 Å². The van der Waals surface area contributed by atoms with E-state index in [4.69, 9.17) is 0 Å². The van der Waals surface area contributed by atoms with Crippen molar-refractivity contribution in [2.45, 2.75) is 25.1 Å². The van der Waals surface area contributed by atoms with Crippen molar-refractivity contribution in [3.8, 4) is 0 Å². The number of aromatic nitrogens is 4. The summed E-state index contributed by atoms with van der Waals surface area (Å²) in [5.74, 6) is 0. The van der Waals surface area contributed by atoms with E-state index in [9.17, 15) is 13.2 Å². The van der Waals surface area contributed by atoms with E-state index >= 15 is 0 Å². The Hall–Kier alpha value is -1.64. The summed E-state index contributed by atoms with van der Waals surface area (Å²) in [5, 5.41) is 4.51. The van der Waals surface area contributed by atoms with Crippen molar-refractivity contribution in [1.29, 1.82) is 0 Å². The van der Waals surface area contributed by atoms with Gasteiger partial charge in [0.1, 0.15) is 17.5 Å². The Kier molecular flexibility index (Phi) is 3.36. The molecule has 3 heterocycles. The number of thiazole rings is 1. The molecule has 3 rings (SSSR count). The summed E-state index contributed by atoms with van der Waals surface area (Å²) in [6.07, 6.45) is 1.51. The number of rotatable bonds is 2. The molecule has 1 aliphatic rings. The van der Waals surface area contributed by atoms with Gasteiger partial charge in [-0.25, -0.2) is 14.6 Å². The first-order chi connectivity index (χ1) is 9.54. The fourth-order valence-electron chi connectivity index (χ4n) is 2.29. The monoisotopic (exact) mass is 303 g/mol. The van der Waals surface area contributed by atoms with E-state index in [1.165, 1.54) is 6.33 Å². The largest absolute Gasteiger partial charge is 0.427 e. The van der Waals surface area contributed by atoms with Crippen molar-refractivity contribution in [1.82, 2.24) is 19.7 Å². The number of piperidine rings is 1. The van der Waals surface area contributed by atoms with Crippen LogP contribution in [0.4, 0.5) is 18.3 Å². The zero-order valence-corrected chi connectivity index (χ0v) is 11.2. The summed E-state index contributed by atoms with van der Waals surface area (Å²) in [5.41, 5.74) is 0. The third-order valence-corrected chi connectivity index (χ3v) is 4.35. The molecular weight excluding hydrogens is 291 g/mol. The maximum absolute atomic E-state index is 12.6. The zero-order chi connectivity index (χ0) is 14.2.